The summed E-state index contributed by atoms with van der Waals surface area (Å²) in [4.78, 5) is 22.5. The Kier molecular flexibility index (Phi) is 3.42. The first-order valence-corrected chi connectivity index (χ1v) is 5.66. The molecule has 90 valence electrons. The summed E-state index contributed by atoms with van der Waals surface area (Å²) in [6, 6.07) is 8.84. The van der Waals surface area contributed by atoms with Gasteiger partial charge in [0.2, 0.25) is 0 Å². The Balaban J connectivity index is 1.92. The van der Waals surface area contributed by atoms with E-state index in [2.05, 4.69) is 0 Å². The summed E-state index contributed by atoms with van der Waals surface area (Å²) in [6.45, 7) is 0. The minimum absolute atomic E-state index is 0.281. The zero-order valence-corrected chi connectivity index (χ0v) is 9.33. The number of ether oxygens (including phenoxy) is 1. The molecule has 1 N–H and O–H groups in total. The highest BCUT2D eigenvalue weighted by Gasteiger charge is 2.34. The van der Waals surface area contributed by atoms with Crippen LogP contribution in [-0.4, -0.2) is 17.0 Å². The lowest BCUT2D eigenvalue weighted by Crippen LogP contribution is -2.19. The smallest absolute Gasteiger partial charge is 0.314 e. The van der Waals surface area contributed by atoms with E-state index in [4.69, 9.17) is 9.84 Å². The quantitative estimate of drug-likeness (QED) is 0.642. The van der Waals surface area contributed by atoms with Gasteiger partial charge in [0, 0.05) is 0 Å². The number of hydrogen-bond acceptors (Lipinski definition) is 3. The van der Waals surface area contributed by atoms with Gasteiger partial charge in [0.25, 0.3) is 0 Å². The Hall–Kier alpha value is -1.84. The molecule has 0 radical (unpaired) electrons. The van der Waals surface area contributed by atoms with Gasteiger partial charge in [-0.2, -0.15) is 0 Å². The van der Waals surface area contributed by atoms with E-state index in [1.165, 1.54) is 0 Å². The molecule has 1 aromatic rings. The maximum absolute atomic E-state index is 11.8. The molecule has 1 saturated carbocycles. The van der Waals surface area contributed by atoms with Gasteiger partial charge in [-0.25, -0.2) is 0 Å². The van der Waals surface area contributed by atoms with Crippen LogP contribution in [0.4, 0.5) is 0 Å². The second-order valence-corrected chi connectivity index (χ2v) is 4.28. The molecule has 17 heavy (non-hydrogen) atoms. The molecule has 0 aromatic heterocycles. The third-order valence-electron chi connectivity index (χ3n) is 3.08. The summed E-state index contributed by atoms with van der Waals surface area (Å²) in [5, 5.41) is 8.85. The molecule has 0 heterocycles. The molecule has 0 saturated heterocycles. The van der Waals surface area contributed by atoms with Crippen LogP contribution >= 0.6 is 0 Å². The summed E-state index contributed by atoms with van der Waals surface area (Å²) < 4.78 is 5.19. The van der Waals surface area contributed by atoms with Crippen molar-refractivity contribution in [3.8, 4) is 5.75 Å². The summed E-state index contributed by atoms with van der Waals surface area (Å²) in [7, 11) is 0. The van der Waals surface area contributed by atoms with Crippen LogP contribution in [0.1, 0.15) is 19.3 Å². The summed E-state index contributed by atoms with van der Waals surface area (Å²) in [6.07, 6.45) is 1.55. The van der Waals surface area contributed by atoms with Crippen molar-refractivity contribution in [2.75, 3.05) is 0 Å². The van der Waals surface area contributed by atoms with E-state index in [1.54, 1.807) is 24.3 Å². The van der Waals surface area contributed by atoms with E-state index in [9.17, 15) is 9.59 Å². The van der Waals surface area contributed by atoms with Crippen molar-refractivity contribution >= 4 is 11.9 Å². The Morgan fingerprint density at radius 1 is 1.12 bits per heavy atom. The average Bonchev–Trinajstić information content (AvgIpc) is 2.79. The van der Waals surface area contributed by atoms with Gasteiger partial charge in [-0.15, -0.1) is 0 Å². The molecular weight excluding hydrogens is 220 g/mol. The normalized spacial score (nSPS) is 23.3. The number of carboxylic acid groups (broad SMARTS) is 1. The molecule has 1 aromatic carbocycles. The van der Waals surface area contributed by atoms with Gasteiger partial charge in [-0.3, -0.25) is 9.59 Å². The molecule has 4 heteroatoms. The van der Waals surface area contributed by atoms with Crippen molar-refractivity contribution < 1.29 is 19.4 Å². The minimum Gasteiger partial charge on any atom is -0.481 e. The predicted octanol–water partition coefficient (Wildman–Crippen LogP) is 2.09. The van der Waals surface area contributed by atoms with E-state index >= 15 is 0 Å². The molecule has 0 aliphatic heterocycles. The Labute approximate surface area is 99.2 Å². The molecule has 1 aliphatic rings. The largest absolute Gasteiger partial charge is 0.481 e. The molecule has 2 unspecified atom stereocenters. The second-order valence-electron chi connectivity index (χ2n) is 4.28. The van der Waals surface area contributed by atoms with Crippen LogP contribution in [0.5, 0.6) is 5.75 Å². The van der Waals surface area contributed by atoms with E-state index in [0.29, 0.717) is 25.0 Å². The van der Waals surface area contributed by atoms with E-state index in [-0.39, 0.29) is 11.9 Å². The van der Waals surface area contributed by atoms with E-state index < -0.39 is 11.9 Å². The number of esters is 1. The first kappa shape index (κ1) is 11.6. The van der Waals surface area contributed by atoms with Crippen molar-refractivity contribution in [2.45, 2.75) is 19.3 Å². The Morgan fingerprint density at radius 3 is 2.35 bits per heavy atom. The predicted molar refractivity (Wildman–Crippen MR) is 60.5 cm³/mol. The van der Waals surface area contributed by atoms with Crippen molar-refractivity contribution in [3.63, 3.8) is 0 Å². The van der Waals surface area contributed by atoms with Gasteiger partial charge < -0.3 is 9.84 Å². The molecule has 0 bridgehead atoms. The first-order chi connectivity index (χ1) is 8.16. The number of hydrogen-bond donors (Lipinski definition) is 1. The lowest BCUT2D eigenvalue weighted by Gasteiger charge is -2.09. The van der Waals surface area contributed by atoms with Gasteiger partial charge in [-0.1, -0.05) is 18.2 Å². The standard InChI is InChI=1S/C13H14O4/c14-12(15)9-6-7-10(8-9)13(16)17-11-4-2-1-3-5-11/h1-5,9-10H,6-8H2,(H,14,15). The third kappa shape index (κ3) is 2.84. The second kappa shape index (κ2) is 4.99. The van der Waals surface area contributed by atoms with E-state index in [1.807, 2.05) is 6.07 Å². The van der Waals surface area contributed by atoms with Gasteiger partial charge in [0.1, 0.15) is 5.75 Å². The average molecular weight is 234 g/mol. The zero-order valence-electron chi connectivity index (χ0n) is 9.33. The van der Waals surface area contributed by atoms with Crippen molar-refractivity contribution in [1.82, 2.24) is 0 Å². The SMILES string of the molecule is O=C(O)C1CCC(C(=O)Oc2ccccc2)C1. The van der Waals surface area contributed by atoms with Gasteiger partial charge in [-0.05, 0) is 31.4 Å². The zero-order chi connectivity index (χ0) is 12.3. The fourth-order valence-corrected chi connectivity index (χ4v) is 2.11. The number of benzene rings is 1. The maximum atomic E-state index is 11.8. The molecule has 2 atom stereocenters. The molecule has 1 aliphatic carbocycles. The number of carbonyl (C=O) groups excluding carboxylic acids is 1. The van der Waals surface area contributed by atoms with Crippen molar-refractivity contribution in [2.24, 2.45) is 11.8 Å². The maximum Gasteiger partial charge on any atom is 0.314 e. The lowest BCUT2D eigenvalue weighted by atomic mass is 10.1. The highest BCUT2D eigenvalue weighted by molar-refractivity contribution is 5.78. The number of rotatable bonds is 3. The number of carboxylic acids is 1. The highest BCUT2D eigenvalue weighted by Crippen LogP contribution is 2.32. The summed E-state index contributed by atoms with van der Waals surface area (Å²) in [5.41, 5.74) is 0. The monoisotopic (exact) mass is 234 g/mol. The Bertz CT molecular complexity index is 413. The molecule has 4 nitrogen and oxygen atoms in total. The molecule has 0 amide bonds. The molecule has 1 fully saturated rings. The molecule has 2 rings (SSSR count). The lowest BCUT2D eigenvalue weighted by molar-refractivity contribution is -0.142. The highest BCUT2D eigenvalue weighted by atomic mass is 16.5. The van der Waals surface area contributed by atoms with Crippen LogP contribution in [0.15, 0.2) is 30.3 Å². The number of carbonyl (C=O) groups is 2. The molecular formula is C13H14O4. The van der Waals surface area contributed by atoms with E-state index in [0.717, 1.165) is 0 Å². The van der Waals surface area contributed by atoms with Gasteiger partial charge in [0.05, 0.1) is 11.8 Å². The first-order valence-electron chi connectivity index (χ1n) is 5.66. The molecule has 0 spiro atoms. The summed E-state index contributed by atoms with van der Waals surface area (Å²) in [5.74, 6) is -1.31. The fourth-order valence-electron chi connectivity index (χ4n) is 2.11. The topological polar surface area (TPSA) is 63.6 Å². The van der Waals surface area contributed by atoms with Crippen LogP contribution in [0.3, 0.4) is 0 Å². The van der Waals surface area contributed by atoms with Crippen LogP contribution < -0.4 is 4.74 Å². The van der Waals surface area contributed by atoms with Gasteiger partial charge in [0.15, 0.2) is 0 Å². The third-order valence-corrected chi connectivity index (χ3v) is 3.08. The Morgan fingerprint density at radius 2 is 1.76 bits per heavy atom. The van der Waals surface area contributed by atoms with Crippen LogP contribution in [0, 0.1) is 11.8 Å². The van der Waals surface area contributed by atoms with Crippen molar-refractivity contribution in [3.05, 3.63) is 30.3 Å². The van der Waals surface area contributed by atoms with Crippen LogP contribution in [0.25, 0.3) is 0 Å². The summed E-state index contributed by atoms with van der Waals surface area (Å²) >= 11 is 0. The minimum atomic E-state index is -0.819. The fraction of sp³-hybridized carbons (Fsp3) is 0.385. The van der Waals surface area contributed by atoms with Gasteiger partial charge >= 0.3 is 11.9 Å². The number of para-hydroxylation sites is 1. The van der Waals surface area contributed by atoms with Crippen LogP contribution in [0.2, 0.25) is 0 Å². The van der Waals surface area contributed by atoms with Crippen LogP contribution in [-0.2, 0) is 9.59 Å². The van der Waals surface area contributed by atoms with Crippen molar-refractivity contribution in [1.29, 1.82) is 0 Å². The number of aliphatic carboxylic acids is 1.